The predicted molar refractivity (Wildman–Crippen MR) is 234 cm³/mol. The number of unbranched alkanes of at least 4 members (excludes halogenated alkanes) is 25. The maximum Gasteiger partial charge on any atom is 0.409 e. The maximum atomic E-state index is 13.0. The lowest BCUT2D eigenvalue weighted by Gasteiger charge is -2.23. The van der Waals surface area contributed by atoms with Gasteiger partial charge in [-0.15, -0.1) is 0 Å². The minimum Gasteiger partial charge on any atom is -0.466 e. The number of hydrogen-bond acceptors (Lipinski definition) is 6. The molecule has 0 fully saturated rings. The normalized spacial score (nSPS) is 11.5. The molecular formula is C47H95N3O4. The fourth-order valence-electron chi connectivity index (χ4n) is 7.23. The number of hydrogen-bond donors (Lipinski definition) is 0. The van der Waals surface area contributed by atoms with Gasteiger partial charge in [0, 0.05) is 19.5 Å². The van der Waals surface area contributed by atoms with Gasteiger partial charge in [0.05, 0.1) is 13.2 Å². The van der Waals surface area contributed by atoms with E-state index in [0.717, 1.165) is 84.1 Å². The van der Waals surface area contributed by atoms with E-state index in [1.165, 1.54) is 154 Å². The van der Waals surface area contributed by atoms with Crippen molar-refractivity contribution in [2.75, 3.05) is 66.6 Å². The average Bonchev–Trinajstić information content (AvgIpc) is 3.16. The summed E-state index contributed by atoms with van der Waals surface area (Å²) in [6, 6.07) is 0. The molecule has 0 aromatic heterocycles. The van der Waals surface area contributed by atoms with Crippen LogP contribution in [0.2, 0.25) is 0 Å². The van der Waals surface area contributed by atoms with Crippen LogP contribution in [0.25, 0.3) is 0 Å². The number of ether oxygens (including phenoxy) is 2. The molecule has 0 aliphatic heterocycles. The second kappa shape index (κ2) is 42.8. The van der Waals surface area contributed by atoms with E-state index < -0.39 is 0 Å². The Labute approximate surface area is 337 Å². The molecule has 0 heterocycles. The maximum absolute atomic E-state index is 13.0. The summed E-state index contributed by atoms with van der Waals surface area (Å²) in [5.41, 5.74) is 0. The number of esters is 1. The van der Waals surface area contributed by atoms with E-state index >= 15 is 0 Å². The van der Waals surface area contributed by atoms with Crippen molar-refractivity contribution in [1.82, 2.24) is 14.7 Å². The van der Waals surface area contributed by atoms with Crippen molar-refractivity contribution in [2.45, 2.75) is 226 Å². The fourth-order valence-corrected chi connectivity index (χ4v) is 7.23. The van der Waals surface area contributed by atoms with Crippen LogP contribution in [0.3, 0.4) is 0 Å². The van der Waals surface area contributed by atoms with E-state index in [-0.39, 0.29) is 12.1 Å². The summed E-state index contributed by atoms with van der Waals surface area (Å²) in [4.78, 5) is 32.1. The van der Waals surface area contributed by atoms with Crippen molar-refractivity contribution in [1.29, 1.82) is 0 Å². The molecule has 0 saturated carbocycles. The van der Waals surface area contributed by atoms with Gasteiger partial charge in [-0.2, -0.15) is 0 Å². The summed E-state index contributed by atoms with van der Waals surface area (Å²) < 4.78 is 11.3. The largest absolute Gasteiger partial charge is 0.466 e. The highest BCUT2D eigenvalue weighted by molar-refractivity contribution is 5.69. The molecule has 0 aromatic rings. The van der Waals surface area contributed by atoms with E-state index in [1.54, 1.807) is 0 Å². The highest BCUT2D eigenvalue weighted by atomic mass is 16.6. The van der Waals surface area contributed by atoms with Gasteiger partial charge in [0.2, 0.25) is 0 Å². The fraction of sp³-hybridized carbons (Fsp3) is 0.957. The molecule has 0 rings (SSSR count). The highest BCUT2D eigenvalue weighted by Crippen LogP contribution is 2.13. The van der Waals surface area contributed by atoms with Gasteiger partial charge in [-0.25, -0.2) is 4.79 Å². The molecule has 7 nitrogen and oxygen atoms in total. The van der Waals surface area contributed by atoms with Crippen LogP contribution in [-0.2, 0) is 14.3 Å². The van der Waals surface area contributed by atoms with Crippen molar-refractivity contribution in [2.24, 2.45) is 0 Å². The van der Waals surface area contributed by atoms with Gasteiger partial charge in [0.1, 0.15) is 0 Å². The van der Waals surface area contributed by atoms with Crippen LogP contribution < -0.4 is 0 Å². The second-order valence-electron chi connectivity index (χ2n) is 16.6. The summed E-state index contributed by atoms with van der Waals surface area (Å²) in [5, 5.41) is 0. The lowest BCUT2D eigenvalue weighted by Crippen LogP contribution is -2.33. The van der Waals surface area contributed by atoms with Crippen molar-refractivity contribution in [3.63, 3.8) is 0 Å². The third-order valence-electron chi connectivity index (χ3n) is 10.9. The second-order valence-corrected chi connectivity index (χ2v) is 16.6. The van der Waals surface area contributed by atoms with E-state index in [9.17, 15) is 9.59 Å². The molecule has 0 N–H and O–H groups in total. The van der Waals surface area contributed by atoms with Gasteiger partial charge in [-0.05, 0) is 98.1 Å². The zero-order valence-corrected chi connectivity index (χ0v) is 37.3. The molecule has 0 radical (unpaired) electrons. The predicted octanol–water partition coefficient (Wildman–Crippen LogP) is 13.4. The SMILES string of the molecule is CCCCCCCCCCCOC(=O)CCCCCN(CCCCCCCOC(=O)N(CCCCCCCC)CCCCCCCC)CCCCN(C)C. The summed E-state index contributed by atoms with van der Waals surface area (Å²) in [6.07, 6.45) is 38.4. The molecule has 0 spiro atoms. The van der Waals surface area contributed by atoms with E-state index in [2.05, 4.69) is 44.7 Å². The Bertz CT molecular complexity index is 764. The van der Waals surface area contributed by atoms with Crippen LogP contribution in [0.5, 0.6) is 0 Å². The Kier molecular flexibility index (Phi) is 41.7. The van der Waals surface area contributed by atoms with E-state index in [1.807, 2.05) is 4.90 Å². The summed E-state index contributed by atoms with van der Waals surface area (Å²) in [7, 11) is 4.31. The van der Waals surface area contributed by atoms with Crippen molar-refractivity contribution < 1.29 is 19.1 Å². The molecule has 0 atom stereocenters. The first-order valence-electron chi connectivity index (χ1n) is 23.9. The quantitative estimate of drug-likeness (QED) is 0.0455. The standard InChI is InChI=1S/C47H95N3O4/c1-6-9-12-15-18-19-20-25-35-44-53-46(51)37-28-27-30-40-49(41-34-33-38-48(4)5)39-29-22-21-26-36-45-54-47(52)50(42-31-23-16-13-10-7-2)43-32-24-17-14-11-8-3/h6-45H2,1-5H3. The molecular weight excluding hydrogens is 671 g/mol. The number of carbonyl (C=O) groups is 2. The molecule has 0 saturated heterocycles. The average molecular weight is 766 g/mol. The number of carbonyl (C=O) groups excluding carboxylic acids is 2. The Hall–Kier alpha value is -1.34. The number of rotatable bonds is 43. The molecule has 322 valence electrons. The molecule has 0 aromatic carbocycles. The zero-order valence-electron chi connectivity index (χ0n) is 37.3. The first kappa shape index (κ1) is 52.7. The molecule has 54 heavy (non-hydrogen) atoms. The van der Waals surface area contributed by atoms with Crippen molar-refractivity contribution >= 4 is 12.1 Å². The minimum atomic E-state index is -0.0898. The lowest BCUT2D eigenvalue weighted by molar-refractivity contribution is -0.143. The van der Waals surface area contributed by atoms with Gasteiger partial charge in [0.25, 0.3) is 0 Å². The third kappa shape index (κ3) is 38.9. The number of nitrogens with zero attached hydrogens (tertiary/aromatic N) is 3. The smallest absolute Gasteiger partial charge is 0.409 e. The minimum absolute atomic E-state index is 0.0106. The van der Waals surface area contributed by atoms with Gasteiger partial charge in [0.15, 0.2) is 0 Å². The van der Waals surface area contributed by atoms with Crippen LogP contribution in [0, 0.1) is 0 Å². The first-order chi connectivity index (χ1) is 26.4. The van der Waals surface area contributed by atoms with Gasteiger partial charge in [-0.3, -0.25) is 4.79 Å². The monoisotopic (exact) mass is 766 g/mol. The van der Waals surface area contributed by atoms with Crippen molar-refractivity contribution in [3.8, 4) is 0 Å². The van der Waals surface area contributed by atoms with E-state index in [4.69, 9.17) is 9.47 Å². The van der Waals surface area contributed by atoms with E-state index in [0.29, 0.717) is 19.6 Å². The van der Waals surface area contributed by atoms with Gasteiger partial charge in [-0.1, -0.05) is 162 Å². The third-order valence-corrected chi connectivity index (χ3v) is 10.9. The Morgan fingerprint density at radius 2 is 0.704 bits per heavy atom. The van der Waals surface area contributed by atoms with Crippen LogP contribution >= 0.6 is 0 Å². The molecule has 0 aliphatic carbocycles. The molecule has 0 bridgehead atoms. The highest BCUT2D eigenvalue weighted by Gasteiger charge is 2.14. The first-order valence-corrected chi connectivity index (χ1v) is 23.9. The molecule has 0 aliphatic rings. The topological polar surface area (TPSA) is 62.3 Å². The van der Waals surface area contributed by atoms with Crippen molar-refractivity contribution in [3.05, 3.63) is 0 Å². The summed E-state index contributed by atoms with van der Waals surface area (Å²) in [6.45, 7) is 14.2. The lowest BCUT2D eigenvalue weighted by atomic mass is 10.1. The molecule has 1 amide bonds. The Balaban J connectivity index is 4.24. The van der Waals surface area contributed by atoms with Crippen LogP contribution in [0.15, 0.2) is 0 Å². The molecule has 7 heteroatoms. The molecule has 0 unspecified atom stereocenters. The summed E-state index contributed by atoms with van der Waals surface area (Å²) in [5.74, 6) is -0.0106. The van der Waals surface area contributed by atoms with Crippen LogP contribution in [0.1, 0.15) is 226 Å². The summed E-state index contributed by atoms with van der Waals surface area (Å²) >= 11 is 0. The van der Waals surface area contributed by atoms with Gasteiger partial charge >= 0.3 is 12.1 Å². The number of amides is 1. The van der Waals surface area contributed by atoms with Gasteiger partial charge < -0.3 is 24.2 Å². The zero-order chi connectivity index (χ0) is 39.6. The van der Waals surface area contributed by atoms with Crippen LogP contribution in [-0.4, -0.2) is 93.3 Å². The van der Waals surface area contributed by atoms with Crippen LogP contribution in [0.4, 0.5) is 4.79 Å². The Morgan fingerprint density at radius 1 is 0.370 bits per heavy atom. The Morgan fingerprint density at radius 3 is 1.15 bits per heavy atom.